The van der Waals surface area contributed by atoms with Crippen LogP contribution in [0.25, 0.3) is 0 Å². The molecule has 0 spiro atoms. The highest BCUT2D eigenvalue weighted by molar-refractivity contribution is 5.96. The third kappa shape index (κ3) is 1.85. The molecule has 0 radical (unpaired) electrons. The lowest BCUT2D eigenvalue weighted by Crippen LogP contribution is -2.25. The van der Waals surface area contributed by atoms with E-state index in [2.05, 4.69) is 22.9 Å². The SMILES string of the molecule is CC1Cc2ccccc2N1c1cnccc1C(=O)O. The average Bonchev–Trinajstić information content (AvgIpc) is 2.74. The molecule has 2 heterocycles. The number of hydrogen-bond donors (Lipinski definition) is 1. The average molecular weight is 254 g/mol. The number of benzene rings is 1. The van der Waals surface area contributed by atoms with Crippen LogP contribution in [0.1, 0.15) is 22.8 Å². The van der Waals surface area contributed by atoms with E-state index in [9.17, 15) is 9.90 Å². The molecule has 96 valence electrons. The van der Waals surface area contributed by atoms with Gasteiger partial charge in [-0.05, 0) is 31.0 Å². The molecule has 0 saturated carbocycles. The fourth-order valence-electron chi connectivity index (χ4n) is 2.69. The lowest BCUT2D eigenvalue weighted by molar-refractivity contribution is 0.0697. The Labute approximate surface area is 111 Å². The summed E-state index contributed by atoms with van der Waals surface area (Å²) in [5.74, 6) is -0.922. The Balaban J connectivity index is 2.15. The molecule has 1 aliphatic rings. The van der Waals surface area contributed by atoms with E-state index in [0.717, 1.165) is 12.1 Å². The van der Waals surface area contributed by atoms with Crippen LogP contribution in [0.2, 0.25) is 0 Å². The number of anilines is 2. The largest absolute Gasteiger partial charge is 0.478 e. The van der Waals surface area contributed by atoms with Crippen LogP contribution in [0.3, 0.4) is 0 Å². The van der Waals surface area contributed by atoms with Gasteiger partial charge in [-0.15, -0.1) is 0 Å². The molecule has 1 aliphatic heterocycles. The van der Waals surface area contributed by atoms with E-state index in [4.69, 9.17) is 0 Å². The number of fused-ring (bicyclic) bond motifs is 1. The molecule has 1 aromatic heterocycles. The normalized spacial score (nSPS) is 17.3. The summed E-state index contributed by atoms with van der Waals surface area (Å²) in [6.45, 7) is 2.10. The molecule has 0 bridgehead atoms. The molecule has 1 atom stereocenters. The zero-order chi connectivity index (χ0) is 13.4. The summed E-state index contributed by atoms with van der Waals surface area (Å²) in [5.41, 5.74) is 3.27. The van der Waals surface area contributed by atoms with Gasteiger partial charge in [0.05, 0.1) is 17.4 Å². The van der Waals surface area contributed by atoms with Crippen molar-refractivity contribution in [1.82, 2.24) is 4.98 Å². The Hall–Kier alpha value is -2.36. The Morgan fingerprint density at radius 3 is 2.89 bits per heavy atom. The minimum Gasteiger partial charge on any atom is -0.478 e. The quantitative estimate of drug-likeness (QED) is 0.895. The highest BCUT2D eigenvalue weighted by atomic mass is 16.4. The van der Waals surface area contributed by atoms with E-state index in [-0.39, 0.29) is 6.04 Å². The lowest BCUT2D eigenvalue weighted by atomic mass is 10.1. The maximum absolute atomic E-state index is 11.3. The zero-order valence-electron chi connectivity index (χ0n) is 10.6. The Morgan fingerprint density at radius 2 is 2.11 bits per heavy atom. The van der Waals surface area contributed by atoms with E-state index in [1.165, 1.54) is 11.8 Å². The van der Waals surface area contributed by atoms with Crippen molar-refractivity contribution in [3.8, 4) is 0 Å². The van der Waals surface area contributed by atoms with Crippen molar-refractivity contribution < 1.29 is 9.90 Å². The number of nitrogens with zero attached hydrogens (tertiary/aromatic N) is 2. The van der Waals surface area contributed by atoms with E-state index >= 15 is 0 Å². The van der Waals surface area contributed by atoms with Gasteiger partial charge in [0.15, 0.2) is 0 Å². The Kier molecular flexibility index (Phi) is 2.71. The third-order valence-electron chi connectivity index (χ3n) is 3.50. The highest BCUT2D eigenvalue weighted by Crippen LogP contribution is 2.39. The predicted octanol–water partition coefficient (Wildman–Crippen LogP) is 2.86. The van der Waals surface area contributed by atoms with Gasteiger partial charge in [0.1, 0.15) is 0 Å². The van der Waals surface area contributed by atoms with Crippen molar-refractivity contribution in [1.29, 1.82) is 0 Å². The molecule has 1 N–H and O–H groups in total. The minimum absolute atomic E-state index is 0.236. The Morgan fingerprint density at radius 1 is 1.32 bits per heavy atom. The first-order valence-electron chi connectivity index (χ1n) is 6.23. The fourth-order valence-corrected chi connectivity index (χ4v) is 2.69. The van der Waals surface area contributed by atoms with Gasteiger partial charge in [-0.2, -0.15) is 0 Å². The van der Waals surface area contributed by atoms with Crippen molar-refractivity contribution in [3.05, 3.63) is 53.9 Å². The number of pyridine rings is 1. The lowest BCUT2D eigenvalue weighted by Gasteiger charge is -2.25. The molecule has 0 amide bonds. The molecule has 19 heavy (non-hydrogen) atoms. The van der Waals surface area contributed by atoms with Gasteiger partial charge in [-0.25, -0.2) is 4.79 Å². The number of hydrogen-bond acceptors (Lipinski definition) is 3. The van der Waals surface area contributed by atoms with Crippen LogP contribution in [0.5, 0.6) is 0 Å². The van der Waals surface area contributed by atoms with Gasteiger partial charge < -0.3 is 10.0 Å². The van der Waals surface area contributed by atoms with Crippen LogP contribution in [0.15, 0.2) is 42.7 Å². The van der Waals surface area contributed by atoms with Gasteiger partial charge in [0, 0.05) is 17.9 Å². The van der Waals surface area contributed by atoms with Crippen LogP contribution < -0.4 is 4.90 Å². The van der Waals surface area contributed by atoms with Gasteiger partial charge in [-0.1, -0.05) is 18.2 Å². The third-order valence-corrected chi connectivity index (χ3v) is 3.50. The molecule has 1 unspecified atom stereocenters. The van der Waals surface area contributed by atoms with Gasteiger partial charge in [-0.3, -0.25) is 4.98 Å². The molecule has 1 aromatic carbocycles. The van der Waals surface area contributed by atoms with Gasteiger partial charge in [0.25, 0.3) is 0 Å². The van der Waals surface area contributed by atoms with Crippen LogP contribution >= 0.6 is 0 Å². The predicted molar refractivity (Wildman–Crippen MR) is 72.9 cm³/mol. The molecular formula is C15H14N2O2. The van der Waals surface area contributed by atoms with Crippen LogP contribution in [-0.4, -0.2) is 22.1 Å². The number of para-hydroxylation sites is 1. The van der Waals surface area contributed by atoms with Gasteiger partial charge in [0.2, 0.25) is 0 Å². The summed E-state index contributed by atoms with van der Waals surface area (Å²) in [6.07, 6.45) is 4.06. The van der Waals surface area contributed by atoms with E-state index < -0.39 is 5.97 Å². The summed E-state index contributed by atoms with van der Waals surface area (Å²) in [5, 5.41) is 9.31. The second-order valence-electron chi connectivity index (χ2n) is 4.75. The summed E-state index contributed by atoms with van der Waals surface area (Å²) in [7, 11) is 0. The Bertz CT molecular complexity index is 640. The summed E-state index contributed by atoms with van der Waals surface area (Å²) >= 11 is 0. The second-order valence-corrected chi connectivity index (χ2v) is 4.75. The van der Waals surface area contributed by atoms with E-state index in [0.29, 0.717) is 11.3 Å². The molecule has 0 aliphatic carbocycles. The van der Waals surface area contributed by atoms with Crippen molar-refractivity contribution in [2.45, 2.75) is 19.4 Å². The zero-order valence-corrected chi connectivity index (χ0v) is 10.6. The number of carboxylic acid groups (broad SMARTS) is 1. The standard InChI is InChI=1S/C15H14N2O2/c1-10-8-11-4-2-3-5-13(11)17(10)14-9-16-7-6-12(14)15(18)19/h2-7,9-10H,8H2,1H3,(H,18,19). The molecule has 4 nitrogen and oxygen atoms in total. The topological polar surface area (TPSA) is 53.4 Å². The number of carbonyl (C=O) groups is 1. The first-order valence-corrected chi connectivity index (χ1v) is 6.23. The smallest absolute Gasteiger partial charge is 0.337 e. The maximum atomic E-state index is 11.3. The van der Waals surface area contributed by atoms with Crippen LogP contribution in [0.4, 0.5) is 11.4 Å². The number of rotatable bonds is 2. The molecule has 4 heteroatoms. The maximum Gasteiger partial charge on any atom is 0.337 e. The van der Waals surface area contributed by atoms with E-state index in [1.807, 2.05) is 18.2 Å². The number of aromatic carboxylic acids is 1. The van der Waals surface area contributed by atoms with Crippen molar-refractivity contribution in [2.75, 3.05) is 4.90 Å². The van der Waals surface area contributed by atoms with Crippen molar-refractivity contribution in [2.24, 2.45) is 0 Å². The number of aromatic nitrogens is 1. The van der Waals surface area contributed by atoms with E-state index in [1.54, 1.807) is 12.3 Å². The van der Waals surface area contributed by atoms with Crippen molar-refractivity contribution >= 4 is 17.3 Å². The molecular weight excluding hydrogens is 240 g/mol. The molecule has 2 aromatic rings. The first-order chi connectivity index (χ1) is 9.18. The first kappa shape index (κ1) is 11.7. The second kappa shape index (κ2) is 4.39. The van der Waals surface area contributed by atoms with Gasteiger partial charge >= 0.3 is 5.97 Å². The fraction of sp³-hybridized carbons (Fsp3) is 0.200. The molecule has 0 fully saturated rings. The highest BCUT2D eigenvalue weighted by Gasteiger charge is 2.29. The van der Waals surface area contributed by atoms with Crippen molar-refractivity contribution in [3.63, 3.8) is 0 Å². The number of carboxylic acids is 1. The van der Waals surface area contributed by atoms with Crippen LogP contribution in [0, 0.1) is 0 Å². The minimum atomic E-state index is -0.922. The molecule has 3 rings (SSSR count). The summed E-state index contributed by atoms with van der Waals surface area (Å²) < 4.78 is 0. The molecule has 0 saturated heterocycles. The monoisotopic (exact) mass is 254 g/mol. The summed E-state index contributed by atoms with van der Waals surface area (Å²) in [4.78, 5) is 17.5. The summed E-state index contributed by atoms with van der Waals surface area (Å²) in [6, 6.07) is 9.88. The van der Waals surface area contributed by atoms with Crippen LogP contribution in [-0.2, 0) is 6.42 Å².